The highest BCUT2D eigenvalue weighted by Crippen LogP contribution is 2.26. The van der Waals surface area contributed by atoms with Gasteiger partial charge in [-0.1, -0.05) is 29.8 Å². The third-order valence-corrected chi connectivity index (χ3v) is 4.16. The molecular weight excluding hydrogens is 352 g/mol. The van der Waals surface area contributed by atoms with Crippen molar-refractivity contribution in [3.05, 3.63) is 63.1 Å². The number of methoxy groups -OCH3 is 1. The van der Waals surface area contributed by atoms with E-state index in [4.69, 9.17) is 22.2 Å². The van der Waals surface area contributed by atoms with E-state index in [-0.39, 0.29) is 6.04 Å². The average Bonchev–Trinajstić information content (AvgIpc) is 2.47. The van der Waals surface area contributed by atoms with Crippen molar-refractivity contribution in [2.45, 2.75) is 18.9 Å². The van der Waals surface area contributed by atoms with Crippen molar-refractivity contribution < 1.29 is 4.74 Å². The maximum atomic E-state index is 6.01. The smallest absolute Gasteiger partial charge is 0.133 e. The molecule has 2 rings (SSSR count). The molecule has 5 heteroatoms. The summed E-state index contributed by atoms with van der Waals surface area (Å²) in [7, 11) is 1.66. The summed E-state index contributed by atoms with van der Waals surface area (Å²) < 4.78 is 6.18. The lowest BCUT2D eigenvalue weighted by molar-refractivity contribution is 0.412. The third kappa shape index (κ3) is 4.71. The van der Waals surface area contributed by atoms with Gasteiger partial charge in [0.25, 0.3) is 0 Å². The first-order chi connectivity index (χ1) is 10.1. The fraction of sp³-hybridized carbons (Fsp3) is 0.250. The fourth-order valence-electron chi connectivity index (χ4n) is 2.26. The van der Waals surface area contributed by atoms with Gasteiger partial charge in [-0.25, -0.2) is 0 Å². The number of ether oxygens (including phenoxy) is 1. The van der Waals surface area contributed by atoms with Gasteiger partial charge in [0.1, 0.15) is 5.75 Å². The lowest BCUT2D eigenvalue weighted by atomic mass is 9.99. The summed E-state index contributed by atoms with van der Waals surface area (Å²) in [6.45, 7) is 0. The number of benzene rings is 2. The molecular formula is C16H18BrClN2O. The van der Waals surface area contributed by atoms with E-state index in [1.54, 1.807) is 7.11 Å². The summed E-state index contributed by atoms with van der Waals surface area (Å²) in [5.41, 5.74) is 5.23. The molecule has 21 heavy (non-hydrogen) atoms. The van der Waals surface area contributed by atoms with Crippen LogP contribution in [0.3, 0.4) is 0 Å². The third-order valence-electron chi connectivity index (χ3n) is 3.31. The Hall–Kier alpha value is -1.07. The molecule has 0 saturated carbocycles. The Kier molecular flexibility index (Phi) is 6.06. The monoisotopic (exact) mass is 368 g/mol. The summed E-state index contributed by atoms with van der Waals surface area (Å²) in [5, 5.41) is 0.746. The zero-order valence-corrected chi connectivity index (χ0v) is 14.1. The van der Waals surface area contributed by atoms with E-state index in [9.17, 15) is 0 Å². The van der Waals surface area contributed by atoms with Gasteiger partial charge in [-0.05, 0) is 64.2 Å². The summed E-state index contributed by atoms with van der Waals surface area (Å²) in [5.74, 6) is 6.51. The molecule has 0 aromatic heterocycles. The summed E-state index contributed by atoms with van der Waals surface area (Å²) >= 11 is 9.52. The van der Waals surface area contributed by atoms with E-state index in [0.717, 1.165) is 33.6 Å². The second-order valence-corrected chi connectivity index (χ2v) is 6.16. The highest BCUT2D eigenvalue weighted by Gasteiger charge is 2.11. The first-order valence-corrected chi connectivity index (χ1v) is 7.82. The molecule has 2 aromatic rings. The Labute approximate surface area is 138 Å². The van der Waals surface area contributed by atoms with Crippen LogP contribution in [0.1, 0.15) is 11.1 Å². The number of nitrogens with one attached hydrogen (secondary N) is 1. The van der Waals surface area contributed by atoms with Crippen LogP contribution in [0.25, 0.3) is 0 Å². The van der Waals surface area contributed by atoms with Crippen LogP contribution < -0.4 is 16.0 Å². The summed E-state index contributed by atoms with van der Waals surface area (Å²) in [6, 6.07) is 14.0. The van der Waals surface area contributed by atoms with Crippen molar-refractivity contribution in [2.24, 2.45) is 5.84 Å². The molecule has 2 aromatic carbocycles. The molecule has 1 atom stereocenters. The van der Waals surface area contributed by atoms with E-state index >= 15 is 0 Å². The molecule has 0 heterocycles. The van der Waals surface area contributed by atoms with Gasteiger partial charge in [0.2, 0.25) is 0 Å². The van der Waals surface area contributed by atoms with Crippen LogP contribution in [0.2, 0.25) is 5.02 Å². The topological polar surface area (TPSA) is 47.3 Å². The molecule has 0 aliphatic rings. The standard InChI is InChI=1S/C16H18BrClN2O/c1-21-16-6-5-12(10-15(16)17)9-14(20-19)8-11-3-2-4-13(18)7-11/h2-7,10,14,20H,8-9,19H2,1H3. The van der Waals surface area contributed by atoms with Gasteiger partial charge in [-0.2, -0.15) is 0 Å². The molecule has 0 saturated heterocycles. The molecule has 0 spiro atoms. The molecule has 112 valence electrons. The largest absolute Gasteiger partial charge is 0.496 e. The maximum absolute atomic E-state index is 6.01. The highest BCUT2D eigenvalue weighted by atomic mass is 79.9. The number of halogens is 2. The van der Waals surface area contributed by atoms with Gasteiger partial charge in [0.15, 0.2) is 0 Å². The van der Waals surface area contributed by atoms with Crippen LogP contribution in [-0.4, -0.2) is 13.2 Å². The molecule has 0 bridgehead atoms. The van der Waals surface area contributed by atoms with Crippen LogP contribution in [0, 0.1) is 0 Å². The van der Waals surface area contributed by atoms with E-state index in [0.29, 0.717) is 0 Å². The Morgan fingerprint density at radius 1 is 1.19 bits per heavy atom. The first kappa shape index (κ1) is 16.3. The number of hydrazine groups is 1. The number of hydrogen-bond acceptors (Lipinski definition) is 3. The van der Waals surface area contributed by atoms with Crippen LogP contribution in [0.4, 0.5) is 0 Å². The van der Waals surface area contributed by atoms with Crippen molar-refractivity contribution in [1.29, 1.82) is 0 Å². The van der Waals surface area contributed by atoms with Crippen molar-refractivity contribution in [1.82, 2.24) is 5.43 Å². The van der Waals surface area contributed by atoms with Crippen molar-refractivity contribution in [3.63, 3.8) is 0 Å². The van der Waals surface area contributed by atoms with Gasteiger partial charge in [-0.3, -0.25) is 11.3 Å². The van der Waals surface area contributed by atoms with Gasteiger partial charge < -0.3 is 4.74 Å². The minimum atomic E-state index is 0.142. The predicted molar refractivity (Wildman–Crippen MR) is 90.7 cm³/mol. The van der Waals surface area contributed by atoms with Gasteiger partial charge in [-0.15, -0.1) is 0 Å². The summed E-state index contributed by atoms with van der Waals surface area (Å²) in [6.07, 6.45) is 1.65. The molecule has 3 nitrogen and oxygen atoms in total. The van der Waals surface area contributed by atoms with Crippen LogP contribution in [0.5, 0.6) is 5.75 Å². The molecule has 3 N–H and O–H groups in total. The van der Waals surface area contributed by atoms with Crippen molar-refractivity contribution >= 4 is 27.5 Å². The second kappa shape index (κ2) is 7.80. The van der Waals surface area contributed by atoms with Crippen LogP contribution >= 0.6 is 27.5 Å². The van der Waals surface area contributed by atoms with Crippen molar-refractivity contribution in [2.75, 3.05) is 7.11 Å². The van der Waals surface area contributed by atoms with E-state index in [1.165, 1.54) is 5.56 Å². The average molecular weight is 370 g/mol. The Morgan fingerprint density at radius 2 is 1.90 bits per heavy atom. The van der Waals surface area contributed by atoms with E-state index in [2.05, 4.69) is 33.5 Å². The maximum Gasteiger partial charge on any atom is 0.133 e. The molecule has 0 aliphatic heterocycles. The lowest BCUT2D eigenvalue weighted by Gasteiger charge is -2.17. The summed E-state index contributed by atoms with van der Waals surface area (Å²) in [4.78, 5) is 0. The Balaban J connectivity index is 2.07. The van der Waals surface area contributed by atoms with Crippen molar-refractivity contribution in [3.8, 4) is 5.75 Å². The zero-order valence-electron chi connectivity index (χ0n) is 11.8. The molecule has 1 unspecified atom stereocenters. The number of rotatable bonds is 6. The Bertz CT molecular complexity index is 607. The molecule has 0 fully saturated rings. The molecule has 0 amide bonds. The minimum absolute atomic E-state index is 0.142. The van der Waals surface area contributed by atoms with E-state index < -0.39 is 0 Å². The lowest BCUT2D eigenvalue weighted by Crippen LogP contribution is -2.38. The molecule has 0 aliphatic carbocycles. The first-order valence-electron chi connectivity index (χ1n) is 6.65. The van der Waals surface area contributed by atoms with E-state index in [1.807, 2.05) is 30.3 Å². The second-order valence-electron chi connectivity index (χ2n) is 4.87. The highest BCUT2D eigenvalue weighted by molar-refractivity contribution is 9.10. The zero-order chi connectivity index (χ0) is 15.2. The van der Waals surface area contributed by atoms with Crippen LogP contribution in [0.15, 0.2) is 46.9 Å². The normalized spacial score (nSPS) is 12.2. The molecule has 0 radical (unpaired) electrons. The quantitative estimate of drug-likeness (QED) is 0.602. The van der Waals surface area contributed by atoms with Crippen LogP contribution in [-0.2, 0) is 12.8 Å². The SMILES string of the molecule is COc1ccc(CC(Cc2cccc(Cl)c2)NN)cc1Br. The minimum Gasteiger partial charge on any atom is -0.496 e. The van der Waals surface area contributed by atoms with Gasteiger partial charge in [0.05, 0.1) is 11.6 Å². The Morgan fingerprint density at radius 3 is 2.48 bits per heavy atom. The van der Waals surface area contributed by atoms with Gasteiger partial charge >= 0.3 is 0 Å². The van der Waals surface area contributed by atoms with Gasteiger partial charge in [0, 0.05) is 11.1 Å². The number of hydrogen-bond donors (Lipinski definition) is 2. The number of nitrogens with two attached hydrogens (primary N) is 1. The predicted octanol–water partition coefficient (Wildman–Crippen LogP) is 3.73. The fourth-order valence-corrected chi connectivity index (χ4v) is 3.06.